The Bertz CT molecular complexity index is 826. The first-order valence-electron chi connectivity index (χ1n) is 6.51. The van der Waals surface area contributed by atoms with E-state index in [1.165, 1.54) is 11.0 Å². The number of amides is 1. The van der Waals surface area contributed by atoms with Gasteiger partial charge in [-0.3, -0.25) is 9.69 Å². The van der Waals surface area contributed by atoms with Crippen molar-refractivity contribution in [3.05, 3.63) is 64.4 Å². The number of carbonyl (C=O) groups is 1. The third kappa shape index (κ3) is 3.00. The zero-order chi connectivity index (χ0) is 15.7. The molecule has 3 rings (SSSR count). The van der Waals surface area contributed by atoms with Crippen LogP contribution in [0.1, 0.15) is 10.6 Å². The molecular weight excluding hydrogens is 370 g/mol. The lowest BCUT2D eigenvalue weighted by atomic mass is 10.2. The largest absolute Gasteiger partial charge is 0.444 e. The molecule has 1 aliphatic rings. The lowest BCUT2D eigenvalue weighted by molar-refractivity contribution is 0.0955. The van der Waals surface area contributed by atoms with E-state index in [9.17, 15) is 13.2 Å². The summed E-state index contributed by atoms with van der Waals surface area (Å²) < 4.78 is 29.1. The van der Waals surface area contributed by atoms with Crippen molar-refractivity contribution in [2.45, 2.75) is 6.04 Å². The molecule has 1 amide bonds. The monoisotopic (exact) mass is 381 g/mol. The summed E-state index contributed by atoms with van der Waals surface area (Å²) in [4.78, 5) is 14.2. The predicted molar refractivity (Wildman–Crippen MR) is 86.4 cm³/mol. The van der Waals surface area contributed by atoms with Gasteiger partial charge in [-0.05, 0) is 46.3 Å². The van der Waals surface area contributed by atoms with Gasteiger partial charge in [-0.15, -0.1) is 0 Å². The average molecular weight is 382 g/mol. The van der Waals surface area contributed by atoms with Crippen molar-refractivity contribution in [3.8, 4) is 0 Å². The number of rotatable bonds is 3. The molecule has 7 heteroatoms. The quantitative estimate of drug-likeness (QED) is 0.819. The highest BCUT2D eigenvalue weighted by atomic mass is 79.9. The van der Waals surface area contributed by atoms with Crippen LogP contribution in [-0.4, -0.2) is 26.1 Å². The number of hydrogen-bond acceptors (Lipinski definition) is 4. The van der Waals surface area contributed by atoms with E-state index in [1.807, 2.05) is 6.07 Å². The Morgan fingerprint density at radius 3 is 2.45 bits per heavy atom. The zero-order valence-electron chi connectivity index (χ0n) is 11.3. The van der Waals surface area contributed by atoms with E-state index in [-0.39, 0.29) is 17.4 Å². The summed E-state index contributed by atoms with van der Waals surface area (Å²) in [7, 11) is -3.27. The molecule has 0 aliphatic carbocycles. The Labute approximate surface area is 136 Å². The predicted octanol–water partition coefficient (Wildman–Crippen LogP) is 3.00. The number of carbonyl (C=O) groups excluding carboxylic acids is 1. The highest BCUT2D eigenvalue weighted by Crippen LogP contribution is 2.26. The van der Waals surface area contributed by atoms with Crippen LogP contribution in [0.15, 0.2) is 63.0 Å². The average Bonchev–Trinajstić information content (AvgIpc) is 3.06. The van der Waals surface area contributed by atoms with Gasteiger partial charge in [-0.2, -0.15) is 0 Å². The van der Waals surface area contributed by atoms with Gasteiger partial charge in [0, 0.05) is 11.1 Å². The SMILES string of the molecule is O=C(c1ccc(Br)o1)N(c1ccccc1)C1C=CS(=O)(=O)C1. The molecule has 2 aromatic rings. The molecule has 0 saturated carbocycles. The highest BCUT2D eigenvalue weighted by Gasteiger charge is 2.33. The Hall–Kier alpha value is -1.86. The number of benzene rings is 1. The van der Waals surface area contributed by atoms with E-state index in [2.05, 4.69) is 15.9 Å². The van der Waals surface area contributed by atoms with Crippen molar-refractivity contribution in [2.75, 3.05) is 10.7 Å². The van der Waals surface area contributed by atoms with E-state index in [0.717, 1.165) is 5.41 Å². The maximum Gasteiger partial charge on any atom is 0.294 e. The molecule has 0 radical (unpaired) electrons. The summed E-state index contributed by atoms with van der Waals surface area (Å²) in [6.45, 7) is 0. The molecule has 0 N–H and O–H groups in total. The second-order valence-corrected chi connectivity index (χ2v) is 7.55. The molecule has 1 aromatic carbocycles. The lowest BCUT2D eigenvalue weighted by Crippen LogP contribution is -2.41. The molecule has 1 aliphatic heterocycles. The maximum atomic E-state index is 12.7. The third-order valence-corrected chi connectivity index (χ3v) is 5.08. The molecule has 1 unspecified atom stereocenters. The van der Waals surface area contributed by atoms with E-state index >= 15 is 0 Å². The molecule has 0 fully saturated rings. The number of nitrogens with zero attached hydrogens (tertiary/aromatic N) is 1. The molecule has 5 nitrogen and oxygen atoms in total. The summed E-state index contributed by atoms with van der Waals surface area (Å²) in [5, 5.41) is 1.15. The minimum Gasteiger partial charge on any atom is -0.444 e. The van der Waals surface area contributed by atoms with Crippen molar-refractivity contribution in [1.29, 1.82) is 0 Å². The number of hydrogen-bond donors (Lipinski definition) is 0. The van der Waals surface area contributed by atoms with E-state index in [4.69, 9.17) is 4.42 Å². The first kappa shape index (κ1) is 15.1. The molecular formula is C15H12BrNO4S. The van der Waals surface area contributed by atoms with Gasteiger partial charge >= 0.3 is 0 Å². The number of para-hydroxylation sites is 1. The zero-order valence-corrected chi connectivity index (χ0v) is 13.7. The second kappa shape index (κ2) is 5.73. The second-order valence-electron chi connectivity index (χ2n) is 4.84. The topological polar surface area (TPSA) is 67.6 Å². The first-order valence-corrected chi connectivity index (χ1v) is 9.02. The fourth-order valence-corrected chi connectivity index (χ4v) is 3.89. The van der Waals surface area contributed by atoms with Crippen LogP contribution in [0.5, 0.6) is 0 Å². The number of sulfone groups is 1. The van der Waals surface area contributed by atoms with Crippen LogP contribution in [0.4, 0.5) is 5.69 Å². The van der Waals surface area contributed by atoms with Crippen LogP contribution in [0.25, 0.3) is 0 Å². The van der Waals surface area contributed by atoms with E-state index in [1.54, 1.807) is 36.4 Å². The molecule has 22 heavy (non-hydrogen) atoms. The van der Waals surface area contributed by atoms with Crippen molar-refractivity contribution in [1.82, 2.24) is 0 Å². The van der Waals surface area contributed by atoms with Gasteiger partial charge in [-0.1, -0.05) is 18.2 Å². The van der Waals surface area contributed by atoms with Gasteiger partial charge in [-0.25, -0.2) is 8.42 Å². The molecule has 2 heterocycles. The molecule has 0 saturated heterocycles. The minimum absolute atomic E-state index is 0.129. The standard InChI is InChI=1S/C15H12BrNO4S/c16-14-7-6-13(21-14)15(18)17(11-4-2-1-3-5-11)12-8-9-22(19,20)10-12/h1-9,12H,10H2. The molecule has 1 atom stereocenters. The summed E-state index contributed by atoms with van der Waals surface area (Å²) in [5.41, 5.74) is 0.617. The maximum absolute atomic E-state index is 12.7. The smallest absolute Gasteiger partial charge is 0.294 e. The molecule has 114 valence electrons. The number of anilines is 1. The van der Waals surface area contributed by atoms with Gasteiger partial charge in [0.15, 0.2) is 20.3 Å². The number of furan rings is 1. The van der Waals surface area contributed by atoms with Gasteiger partial charge in [0.1, 0.15) is 0 Å². The van der Waals surface area contributed by atoms with Crippen molar-refractivity contribution in [2.24, 2.45) is 0 Å². The fraction of sp³-hybridized carbons (Fsp3) is 0.133. The normalized spacial score (nSPS) is 19.2. The van der Waals surface area contributed by atoms with Crippen molar-refractivity contribution >= 4 is 37.4 Å². The van der Waals surface area contributed by atoms with Crippen LogP contribution < -0.4 is 4.90 Å². The number of halogens is 1. The van der Waals surface area contributed by atoms with Crippen LogP contribution in [0, 0.1) is 0 Å². The summed E-state index contributed by atoms with van der Waals surface area (Å²) >= 11 is 3.16. The Morgan fingerprint density at radius 1 is 1.18 bits per heavy atom. The molecule has 1 aromatic heterocycles. The van der Waals surface area contributed by atoms with Crippen LogP contribution in [0.2, 0.25) is 0 Å². The summed E-state index contributed by atoms with van der Waals surface area (Å²) in [6.07, 6.45) is 1.53. The minimum atomic E-state index is -3.27. The Balaban J connectivity index is 2.01. The van der Waals surface area contributed by atoms with Gasteiger partial charge in [0.25, 0.3) is 5.91 Å². The molecule has 0 bridgehead atoms. The first-order chi connectivity index (χ1) is 10.5. The van der Waals surface area contributed by atoms with Crippen molar-refractivity contribution < 1.29 is 17.6 Å². The van der Waals surface area contributed by atoms with Gasteiger partial charge in [0.05, 0.1) is 11.8 Å². The van der Waals surface area contributed by atoms with E-state index < -0.39 is 15.9 Å². The van der Waals surface area contributed by atoms with Crippen LogP contribution in [0.3, 0.4) is 0 Å². The highest BCUT2D eigenvalue weighted by molar-refractivity contribution is 9.10. The van der Waals surface area contributed by atoms with Crippen LogP contribution >= 0.6 is 15.9 Å². The summed E-state index contributed by atoms with van der Waals surface area (Å²) in [5.74, 6) is -0.368. The Kier molecular flexibility index (Phi) is 3.92. The Morgan fingerprint density at radius 2 is 1.91 bits per heavy atom. The van der Waals surface area contributed by atoms with Crippen molar-refractivity contribution in [3.63, 3.8) is 0 Å². The lowest BCUT2D eigenvalue weighted by Gasteiger charge is -2.26. The van der Waals surface area contributed by atoms with E-state index in [0.29, 0.717) is 10.4 Å². The summed E-state index contributed by atoms with van der Waals surface area (Å²) in [6, 6.07) is 11.6. The third-order valence-electron chi connectivity index (χ3n) is 3.28. The van der Waals surface area contributed by atoms with Gasteiger partial charge < -0.3 is 4.42 Å². The van der Waals surface area contributed by atoms with Crippen LogP contribution in [-0.2, 0) is 9.84 Å². The van der Waals surface area contributed by atoms with Gasteiger partial charge in [0.2, 0.25) is 0 Å². The fourth-order valence-electron chi connectivity index (χ4n) is 2.32. The molecule has 0 spiro atoms.